The Balaban J connectivity index is 0.000000290. The lowest BCUT2D eigenvalue weighted by atomic mass is 9.47. The third-order valence-corrected chi connectivity index (χ3v) is 24.0. The molecule has 21 nitrogen and oxygen atoms in total. The number of carbonyl (C=O) groups excluding carboxylic acids is 6. The molecular weight excluding hydrogens is 1450 g/mol. The Kier molecular flexibility index (Phi) is 31.8. The number of rotatable bonds is 15. The quantitative estimate of drug-likeness (QED) is 0.0322. The molecule has 584 valence electrons. The van der Waals surface area contributed by atoms with Crippen molar-refractivity contribution in [1.29, 1.82) is 0 Å². The Morgan fingerprint density at radius 3 is 1.93 bits per heavy atom. The number of hydrogen-bond donors (Lipinski definition) is 7. The molecular formula is C79H111Cl5N4O17. The Bertz CT molecular complexity index is 3660. The lowest BCUT2D eigenvalue weighted by Gasteiger charge is -2.57. The first-order chi connectivity index (χ1) is 48.3. The third kappa shape index (κ3) is 20.4. The molecule has 26 heteroatoms. The van der Waals surface area contributed by atoms with Crippen molar-refractivity contribution >= 4 is 101 Å². The van der Waals surface area contributed by atoms with Gasteiger partial charge in [0.05, 0.1) is 25.3 Å². The lowest BCUT2D eigenvalue weighted by Crippen LogP contribution is -2.63. The maximum atomic E-state index is 14.0. The molecule has 4 aliphatic carbocycles. The maximum absolute atomic E-state index is 14.0. The fourth-order valence-electron chi connectivity index (χ4n) is 16.2. The van der Waals surface area contributed by atoms with Crippen molar-refractivity contribution in [1.82, 2.24) is 15.1 Å². The van der Waals surface area contributed by atoms with Gasteiger partial charge < -0.3 is 69.0 Å². The summed E-state index contributed by atoms with van der Waals surface area (Å²) in [5, 5.41) is 63.3. The van der Waals surface area contributed by atoms with Crippen LogP contribution in [0.4, 0.5) is 10.5 Å². The number of nitrogens with one attached hydrogen (secondary N) is 1. The number of anilines is 1. The molecule has 7 N–H and O–H groups in total. The summed E-state index contributed by atoms with van der Waals surface area (Å²) < 4.78 is 28.9. The highest BCUT2D eigenvalue weighted by Crippen LogP contribution is 2.67. The number of aromatic hydroxyl groups is 4. The molecule has 0 radical (unpaired) electrons. The lowest BCUT2D eigenvalue weighted by molar-refractivity contribution is -0.161. The maximum Gasteiger partial charge on any atom is 0.409 e. The number of ether oxygens (including phenoxy) is 5. The molecule has 16 atom stereocenters. The Morgan fingerprint density at radius 2 is 1.40 bits per heavy atom. The summed E-state index contributed by atoms with van der Waals surface area (Å²) in [7, 11) is 7.97. The molecule has 3 aromatic rings. The van der Waals surface area contributed by atoms with Crippen LogP contribution in [0.3, 0.4) is 0 Å². The van der Waals surface area contributed by atoms with E-state index in [1.54, 1.807) is 64.2 Å². The fraction of sp³-hybridized carbons (Fsp3) is 0.595. The number of alkyl halides is 2. The number of alkyl carbamates (subject to hydrolysis) is 1. The van der Waals surface area contributed by atoms with Crippen LogP contribution >= 0.6 is 59.6 Å². The number of hydrogen-bond acceptors (Lipinski definition) is 18. The summed E-state index contributed by atoms with van der Waals surface area (Å²) in [4.78, 5) is 81.1. The van der Waals surface area contributed by atoms with Gasteiger partial charge in [-0.3, -0.25) is 24.5 Å². The first-order valence-corrected chi connectivity index (χ1v) is 37.0. The van der Waals surface area contributed by atoms with Crippen LogP contribution in [0.5, 0.6) is 28.7 Å². The number of halogens is 5. The second-order valence-corrected chi connectivity index (χ2v) is 31.3. The monoisotopic (exact) mass is 1560 g/mol. The van der Waals surface area contributed by atoms with E-state index in [0.717, 1.165) is 73.9 Å². The zero-order chi connectivity index (χ0) is 76.6. The molecule has 4 fully saturated rings. The van der Waals surface area contributed by atoms with Crippen molar-refractivity contribution in [2.24, 2.45) is 46.3 Å². The van der Waals surface area contributed by atoms with Gasteiger partial charge in [-0.25, -0.2) is 9.59 Å². The third-order valence-electron chi connectivity index (χ3n) is 23.3. The first kappa shape index (κ1) is 89.5. The predicted octanol–water partition coefficient (Wildman–Crippen LogP) is 13.3. The number of methoxy groups -OCH3 is 2. The number of fused-ring (bicyclic) bond motifs is 10. The molecule has 4 bridgehead atoms. The standard InChI is InChI=1S/C34H46ClN3O10.C22H30O3.C18H22O4.C5H11Cl2N.2ClH/c1-18-11-10-12-26(45-9)34(43)17-25(46-32(42)36-34)19(2)30-33(5,48-30)27(47-31(41)20(3)37(6)21(4)39)16-28(40)38(7)23-14-22(13-18)15-24(44-8)29(23)35;1-13-11-16-17(20(3)8-5-15(24)12-19(13)20)6-9-21(4)18(16)7-10-22(21,25)14(2)23;1-11(7-13-3-5-15(19)17(21)9-13)12(2)8-14-4-6-16(20)18(22)10-14;1-8(4-2-6)5-3-7;;/h10-12,14-15,19-20,25-27,30,43H,13,16-17H2,1-9H3,(H,36,42);11-12,16-18,25H,5-10H2,1-4H3;3-6,9-12,19-22H,7-8H2,1-2H3;2-5H2,1H3;2*1H/b12-10-,18-11-;;;;;/t19-,20+,25+,26-,27+,30+,33+,34+;16-,17+,18+,20-,21+,22+;11-,12+;;;/m11..../s1. The van der Waals surface area contributed by atoms with E-state index in [9.17, 15) is 59.4 Å². The van der Waals surface area contributed by atoms with Gasteiger partial charge in [0.2, 0.25) is 11.8 Å². The molecule has 0 spiro atoms. The average Bonchev–Trinajstić information content (AvgIpc) is 1.63. The average molecular weight is 1570 g/mol. The number of Topliss-reactive ketones (excluding diaryl/α,β-unsaturated/α-hetero) is 1. The summed E-state index contributed by atoms with van der Waals surface area (Å²) in [6.07, 6.45) is 11.9. The van der Waals surface area contributed by atoms with E-state index in [2.05, 4.69) is 50.9 Å². The van der Waals surface area contributed by atoms with Gasteiger partial charge in [0.25, 0.3) is 0 Å². The van der Waals surface area contributed by atoms with Crippen LogP contribution < -0.4 is 15.0 Å². The van der Waals surface area contributed by atoms with Crippen LogP contribution in [-0.2, 0) is 62.2 Å². The number of allylic oxidation sites excluding steroid dienone is 7. The topological polar surface area (TPSA) is 295 Å². The number of ketones is 2. The van der Waals surface area contributed by atoms with Gasteiger partial charge in [0, 0.05) is 77.2 Å². The number of likely N-dealkylation sites (N-methyl/N-ethyl adjacent to an activating group) is 1. The van der Waals surface area contributed by atoms with Gasteiger partial charge >= 0.3 is 12.1 Å². The van der Waals surface area contributed by atoms with E-state index in [0.29, 0.717) is 72.0 Å². The molecule has 3 heterocycles. The number of aliphatic hydroxyl groups is 2. The number of esters is 1. The Labute approximate surface area is 646 Å². The molecule has 7 aliphatic rings. The highest BCUT2D eigenvalue weighted by atomic mass is 35.5. The molecule has 0 unspecified atom stereocenters. The van der Waals surface area contributed by atoms with E-state index < -0.39 is 71.3 Å². The van der Waals surface area contributed by atoms with Gasteiger partial charge in [-0.1, -0.05) is 93.8 Å². The smallest absolute Gasteiger partial charge is 0.409 e. The van der Waals surface area contributed by atoms with E-state index in [1.165, 1.54) is 68.2 Å². The largest absolute Gasteiger partial charge is 0.504 e. The molecule has 2 saturated carbocycles. The van der Waals surface area contributed by atoms with Gasteiger partial charge in [0.1, 0.15) is 46.3 Å². The summed E-state index contributed by atoms with van der Waals surface area (Å²) in [5.74, 6) is 1.52. The number of benzene rings is 3. The van der Waals surface area contributed by atoms with Gasteiger partial charge in [0.15, 0.2) is 40.3 Å². The van der Waals surface area contributed by atoms with Crippen LogP contribution in [0.1, 0.15) is 144 Å². The van der Waals surface area contributed by atoms with Crippen LogP contribution in [0, 0.1) is 46.3 Å². The van der Waals surface area contributed by atoms with E-state index in [4.69, 9.17) is 58.5 Å². The molecule has 3 aromatic carbocycles. The summed E-state index contributed by atoms with van der Waals surface area (Å²) in [5.41, 5.74) is 2.14. The summed E-state index contributed by atoms with van der Waals surface area (Å²) in [6.45, 7) is 22.6. The zero-order valence-corrected chi connectivity index (χ0v) is 67.3. The van der Waals surface area contributed by atoms with Crippen molar-refractivity contribution in [3.63, 3.8) is 0 Å². The second kappa shape index (κ2) is 37.3. The molecule has 2 saturated heterocycles. The van der Waals surface area contributed by atoms with Crippen LogP contribution in [0.2, 0.25) is 5.02 Å². The number of carbonyl (C=O) groups is 6. The van der Waals surface area contributed by atoms with Crippen molar-refractivity contribution in [3.05, 3.63) is 117 Å². The number of amides is 3. The highest BCUT2D eigenvalue weighted by Gasteiger charge is 2.66. The van der Waals surface area contributed by atoms with Crippen LogP contribution in [0.15, 0.2) is 95.6 Å². The van der Waals surface area contributed by atoms with Gasteiger partial charge in [-0.2, -0.15) is 0 Å². The molecule has 3 aliphatic heterocycles. The van der Waals surface area contributed by atoms with Crippen LogP contribution in [-0.4, -0.2) is 183 Å². The number of phenols is 4. The molecule has 3 amide bonds. The van der Waals surface area contributed by atoms with Crippen molar-refractivity contribution in [2.75, 3.05) is 65.1 Å². The normalized spacial score (nSPS) is 30.5. The SMILES string of the molecule is CC(=O)[C@@]1(O)CC[C@H]2[C@@H]3C=C(C)C4=CC(=O)CC[C@]4(C)[C@H]3CC[C@@]21C.CN(CCCl)CCCl.COc1cc2cc(c1Cl)N(C)C(=O)C[C@H](OC(=O)[C@H](C)N(C)C(C)=O)[C@]1(C)O[C@H]1[C@H](C)[C@@H]1C[C@@](O)(NC(=O)O1)[C@H](OC)/C=C\C=C(\C)C2.C[C@H](Cc1ccc(O)c(O)c1)[C@@H](C)Cc1ccc(O)c(O)c1.Cl.Cl. The highest BCUT2D eigenvalue weighted by molar-refractivity contribution is 6.35. The molecule has 105 heavy (non-hydrogen) atoms. The summed E-state index contributed by atoms with van der Waals surface area (Å²) >= 11 is 17.6. The van der Waals surface area contributed by atoms with Crippen molar-refractivity contribution in [2.45, 2.75) is 194 Å². The van der Waals surface area contributed by atoms with Gasteiger partial charge in [-0.05, 0) is 193 Å². The van der Waals surface area contributed by atoms with E-state index in [-0.39, 0.29) is 94.0 Å². The molecule has 10 rings (SSSR count). The number of phenolic OH excluding ortho intramolecular Hbond substituents is 4. The predicted molar refractivity (Wildman–Crippen MR) is 412 cm³/mol. The molecule has 0 aromatic heterocycles. The second-order valence-electron chi connectivity index (χ2n) is 30.2. The fourth-order valence-corrected chi connectivity index (χ4v) is 17.1. The number of nitrogens with zero attached hydrogens (tertiary/aromatic N) is 3. The first-order valence-electron chi connectivity index (χ1n) is 35.6. The Morgan fingerprint density at radius 1 is 0.819 bits per heavy atom. The van der Waals surface area contributed by atoms with Crippen molar-refractivity contribution < 1.29 is 83.1 Å². The van der Waals surface area contributed by atoms with E-state index >= 15 is 0 Å². The minimum atomic E-state index is -1.81. The minimum Gasteiger partial charge on any atom is -0.504 e. The van der Waals surface area contributed by atoms with Crippen molar-refractivity contribution in [3.8, 4) is 28.7 Å². The van der Waals surface area contributed by atoms with Gasteiger partial charge in [-0.15, -0.1) is 48.0 Å². The summed E-state index contributed by atoms with van der Waals surface area (Å²) in [6, 6.07) is 12.4. The minimum absolute atomic E-state index is 0. The van der Waals surface area contributed by atoms with E-state index in [1.807, 2.05) is 38.3 Å². The zero-order valence-electron chi connectivity index (χ0n) is 63.4. The van der Waals surface area contributed by atoms with Crippen LogP contribution in [0.25, 0.3) is 0 Å². The number of epoxide rings is 1. The Hall–Kier alpha value is -6.11.